The number of anilines is 1. The van der Waals surface area contributed by atoms with Crippen LogP contribution in [0.3, 0.4) is 0 Å². The summed E-state index contributed by atoms with van der Waals surface area (Å²) in [5.74, 6) is -0.522. The summed E-state index contributed by atoms with van der Waals surface area (Å²) >= 11 is 6.26. The third kappa shape index (κ3) is 5.96. The summed E-state index contributed by atoms with van der Waals surface area (Å²) in [7, 11) is 1.56. The number of amides is 1. The monoisotopic (exact) mass is 457 g/mol. The Kier molecular flexibility index (Phi) is 8.03. The maximum absolute atomic E-state index is 13.7. The highest BCUT2D eigenvalue weighted by atomic mass is 35.5. The van der Waals surface area contributed by atoms with Gasteiger partial charge in [0.2, 0.25) is 5.91 Å². The lowest BCUT2D eigenvalue weighted by molar-refractivity contribution is -0.111. The van der Waals surface area contributed by atoms with E-state index in [4.69, 9.17) is 21.1 Å². The van der Waals surface area contributed by atoms with E-state index in [-0.39, 0.29) is 12.3 Å². The number of carbonyl (C=O) groups is 1. The number of aromatic nitrogens is 2. The zero-order valence-electron chi connectivity index (χ0n) is 18.2. The lowest BCUT2D eigenvalue weighted by atomic mass is 10.1. The van der Waals surface area contributed by atoms with Gasteiger partial charge < -0.3 is 14.8 Å². The minimum atomic E-state index is -0.476. The lowest BCUT2D eigenvalue weighted by Gasteiger charge is -2.11. The van der Waals surface area contributed by atoms with Crippen molar-refractivity contribution >= 4 is 29.3 Å². The molecule has 0 aliphatic heterocycles. The van der Waals surface area contributed by atoms with Crippen molar-refractivity contribution < 1.29 is 18.7 Å². The Balaban J connectivity index is 1.73. The number of nitrogens with one attached hydrogen (secondary N) is 1. The van der Waals surface area contributed by atoms with Gasteiger partial charge in [-0.1, -0.05) is 29.8 Å². The fourth-order valence-electron chi connectivity index (χ4n) is 3.19. The number of rotatable bonds is 9. The van der Waals surface area contributed by atoms with Gasteiger partial charge in [-0.3, -0.25) is 9.48 Å². The SMILES string of the molecule is COCCOc1ccc(F)cc1NC(=O)/C=C/c1c(C)nn(Cc2ccccc2Cl)c1C. The van der Waals surface area contributed by atoms with Gasteiger partial charge in [-0.05, 0) is 43.7 Å². The first kappa shape index (κ1) is 23.5. The van der Waals surface area contributed by atoms with Gasteiger partial charge in [0.1, 0.15) is 18.2 Å². The van der Waals surface area contributed by atoms with Gasteiger partial charge in [0.15, 0.2) is 0 Å². The number of hydrogen-bond acceptors (Lipinski definition) is 4. The van der Waals surface area contributed by atoms with Gasteiger partial charge in [0.25, 0.3) is 0 Å². The van der Waals surface area contributed by atoms with E-state index in [1.165, 1.54) is 24.3 Å². The van der Waals surface area contributed by atoms with Gasteiger partial charge in [-0.2, -0.15) is 5.10 Å². The molecule has 0 saturated carbocycles. The Hall–Kier alpha value is -3.16. The molecule has 1 aromatic heterocycles. The van der Waals surface area contributed by atoms with Crippen LogP contribution in [-0.2, 0) is 16.1 Å². The molecule has 0 bridgehead atoms. The smallest absolute Gasteiger partial charge is 0.248 e. The van der Waals surface area contributed by atoms with E-state index in [9.17, 15) is 9.18 Å². The standard InChI is InChI=1S/C24H25ClFN3O3/c1-16-20(17(2)29(28-16)15-18-6-4-5-7-21(18)25)9-11-24(30)27-22-14-19(26)8-10-23(22)32-13-12-31-3/h4-11,14H,12-13,15H2,1-3H3,(H,27,30)/b11-9+. The van der Waals surface area contributed by atoms with Gasteiger partial charge in [0, 0.05) is 35.5 Å². The molecule has 0 saturated heterocycles. The zero-order chi connectivity index (χ0) is 23.1. The van der Waals surface area contributed by atoms with Crippen LogP contribution in [0.15, 0.2) is 48.5 Å². The first-order chi connectivity index (χ1) is 15.4. The Bertz CT molecular complexity index is 1130. The summed E-state index contributed by atoms with van der Waals surface area (Å²) in [5.41, 5.74) is 3.73. The van der Waals surface area contributed by atoms with Crippen molar-refractivity contribution in [3.05, 3.63) is 81.9 Å². The number of nitrogens with zero attached hydrogens (tertiary/aromatic N) is 2. The molecular formula is C24H25ClFN3O3. The molecule has 0 atom stereocenters. The average Bonchev–Trinajstić information content (AvgIpc) is 3.02. The number of ether oxygens (including phenoxy) is 2. The first-order valence-electron chi connectivity index (χ1n) is 10.1. The molecule has 0 unspecified atom stereocenters. The highest BCUT2D eigenvalue weighted by Crippen LogP contribution is 2.26. The normalized spacial score (nSPS) is 11.2. The van der Waals surface area contributed by atoms with Crippen molar-refractivity contribution in [1.82, 2.24) is 9.78 Å². The van der Waals surface area contributed by atoms with Gasteiger partial charge >= 0.3 is 0 Å². The Morgan fingerprint density at radius 2 is 2.00 bits per heavy atom. The van der Waals surface area contributed by atoms with E-state index in [1.807, 2.05) is 42.8 Å². The molecule has 1 N–H and O–H groups in total. The molecule has 1 amide bonds. The van der Waals surface area contributed by atoms with Crippen molar-refractivity contribution in [3.8, 4) is 5.75 Å². The number of carbonyl (C=O) groups excluding carboxylic acids is 1. The van der Waals surface area contributed by atoms with Crippen LogP contribution < -0.4 is 10.1 Å². The molecule has 0 fully saturated rings. The number of hydrogen-bond donors (Lipinski definition) is 1. The number of benzene rings is 2. The van der Waals surface area contributed by atoms with Crippen molar-refractivity contribution in [1.29, 1.82) is 0 Å². The van der Waals surface area contributed by atoms with Crippen LogP contribution in [0.2, 0.25) is 5.02 Å². The fraction of sp³-hybridized carbons (Fsp3) is 0.250. The Morgan fingerprint density at radius 3 is 2.75 bits per heavy atom. The van der Waals surface area contributed by atoms with Gasteiger partial charge in [0.05, 0.1) is 24.5 Å². The summed E-state index contributed by atoms with van der Waals surface area (Å²) in [6, 6.07) is 11.6. The van der Waals surface area contributed by atoms with Crippen molar-refractivity contribution in [2.75, 3.05) is 25.6 Å². The largest absolute Gasteiger partial charge is 0.489 e. The Morgan fingerprint density at radius 1 is 1.22 bits per heavy atom. The topological polar surface area (TPSA) is 65.4 Å². The van der Waals surface area contributed by atoms with E-state index in [0.717, 1.165) is 22.5 Å². The van der Waals surface area contributed by atoms with Gasteiger partial charge in [-0.15, -0.1) is 0 Å². The molecule has 32 heavy (non-hydrogen) atoms. The first-order valence-corrected chi connectivity index (χ1v) is 10.4. The second kappa shape index (κ2) is 10.9. The molecule has 168 valence electrons. The van der Waals surface area contributed by atoms with E-state index < -0.39 is 11.7 Å². The second-order valence-electron chi connectivity index (χ2n) is 7.14. The van der Waals surface area contributed by atoms with Crippen LogP contribution in [0.4, 0.5) is 10.1 Å². The molecule has 0 spiro atoms. The molecule has 8 heteroatoms. The maximum atomic E-state index is 13.7. The van der Waals surface area contributed by atoms with E-state index in [0.29, 0.717) is 23.9 Å². The van der Waals surface area contributed by atoms with E-state index >= 15 is 0 Å². The van der Waals surface area contributed by atoms with Crippen LogP contribution >= 0.6 is 11.6 Å². The predicted molar refractivity (Wildman–Crippen MR) is 124 cm³/mol. The highest BCUT2D eigenvalue weighted by molar-refractivity contribution is 6.31. The summed E-state index contributed by atoms with van der Waals surface area (Å²) in [5, 5.41) is 7.91. The molecule has 3 rings (SSSR count). The molecule has 1 heterocycles. The van der Waals surface area contributed by atoms with Crippen molar-refractivity contribution in [2.45, 2.75) is 20.4 Å². The van der Waals surface area contributed by atoms with Crippen molar-refractivity contribution in [2.24, 2.45) is 0 Å². The maximum Gasteiger partial charge on any atom is 0.248 e. The van der Waals surface area contributed by atoms with Crippen LogP contribution in [0.5, 0.6) is 5.75 Å². The molecule has 0 aliphatic rings. The fourth-order valence-corrected chi connectivity index (χ4v) is 3.38. The zero-order valence-corrected chi connectivity index (χ0v) is 18.9. The third-order valence-electron chi connectivity index (χ3n) is 4.86. The van der Waals surface area contributed by atoms with E-state index in [2.05, 4.69) is 10.4 Å². The molecule has 6 nitrogen and oxygen atoms in total. The number of methoxy groups -OCH3 is 1. The second-order valence-corrected chi connectivity index (χ2v) is 7.55. The van der Waals surface area contributed by atoms with Crippen LogP contribution in [-0.4, -0.2) is 36.0 Å². The number of halogens is 2. The summed E-state index contributed by atoms with van der Waals surface area (Å²) in [6.45, 7) is 4.99. The Labute approximate surface area is 191 Å². The highest BCUT2D eigenvalue weighted by Gasteiger charge is 2.12. The van der Waals surface area contributed by atoms with E-state index in [1.54, 1.807) is 13.2 Å². The minimum absolute atomic E-state index is 0.249. The average molecular weight is 458 g/mol. The lowest BCUT2D eigenvalue weighted by Crippen LogP contribution is -2.11. The number of aryl methyl sites for hydroxylation is 1. The predicted octanol–water partition coefficient (Wildman–Crippen LogP) is 5.02. The summed E-state index contributed by atoms with van der Waals surface area (Å²) in [6.07, 6.45) is 3.08. The third-order valence-corrected chi connectivity index (χ3v) is 5.23. The molecule has 3 aromatic rings. The molecule has 2 aromatic carbocycles. The molecule has 0 radical (unpaired) electrons. The molecular weight excluding hydrogens is 433 g/mol. The quantitative estimate of drug-likeness (QED) is 0.362. The van der Waals surface area contributed by atoms with Crippen LogP contribution in [0, 0.1) is 19.7 Å². The molecule has 0 aliphatic carbocycles. The summed E-state index contributed by atoms with van der Waals surface area (Å²) < 4.78 is 26.0. The van der Waals surface area contributed by atoms with Gasteiger partial charge in [-0.25, -0.2) is 4.39 Å². The van der Waals surface area contributed by atoms with Crippen molar-refractivity contribution in [3.63, 3.8) is 0 Å². The van der Waals surface area contributed by atoms with Crippen LogP contribution in [0.25, 0.3) is 6.08 Å². The summed E-state index contributed by atoms with van der Waals surface area (Å²) in [4.78, 5) is 12.5. The minimum Gasteiger partial charge on any atom is -0.489 e. The van der Waals surface area contributed by atoms with Crippen LogP contribution in [0.1, 0.15) is 22.5 Å².